The van der Waals surface area contributed by atoms with Gasteiger partial charge in [-0.25, -0.2) is 8.78 Å². The minimum atomic E-state index is -1.11. The van der Waals surface area contributed by atoms with E-state index in [-0.39, 0.29) is 11.4 Å². The molecule has 27 heavy (non-hydrogen) atoms. The second kappa shape index (κ2) is 7.96. The Balaban J connectivity index is 1.71. The molecule has 0 fully saturated rings. The Kier molecular flexibility index (Phi) is 5.46. The van der Waals surface area contributed by atoms with Crippen LogP contribution in [0.4, 0.5) is 26.1 Å². The molecule has 3 aromatic rings. The Labute approximate surface area is 158 Å². The van der Waals surface area contributed by atoms with Gasteiger partial charge in [-0.1, -0.05) is 11.6 Å². The van der Waals surface area contributed by atoms with Crippen LogP contribution in [0.15, 0.2) is 48.5 Å². The van der Waals surface area contributed by atoms with Crippen molar-refractivity contribution in [1.29, 1.82) is 0 Å². The van der Waals surface area contributed by atoms with Crippen LogP contribution in [0.25, 0.3) is 0 Å². The minimum Gasteiger partial charge on any atom is -0.495 e. The minimum absolute atomic E-state index is 0.0402. The number of amides is 1. The number of benzene rings is 2. The van der Waals surface area contributed by atoms with Crippen molar-refractivity contribution in [2.75, 3.05) is 17.7 Å². The van der Waals surface area contributed by atoms with E-state index in [1.54, 1.807) is 24.3 Å². The summed E-state index contributed by atoms with van der Waals surface area (Å²) in [4.78, 5) is 12.1. The van der Waals surface area contributed by atoms with Crippen LogP contribution in [0.5, 0.6) is 5.75 Å². The maximum absolute atomic E-state index is 13.2. The molecular formula is C18H13ClF2N4O2. The first-order valence-corrected chi connectivity index (χ1v) is 8.05. The van der Waals surface area contributed by atoms with Crippen LogP contribution in [0.2, 0.25) is 5.02 Å². The summed E-state index contributed by atoms with van der Waals surface area (Å²) >= 11 is 5.97. The molecule has 1 aromatic heterocycles. The Morgan fingerprint density at radius 1 is 1.00 bits per heavy atom. The molecule has 0 aliphatic heterocycles. The van der Waals surface area contributed by atoms with Gasteiger partial charge >= 0.3 is 0 Å². The average molecular weight is 391 g/mol. The van der Waals surface area contributed by atoms with Crippen molar-refractivity contribution in [3.05, 3.63) is 70.8 Å². The van der Waals surface area contributed by atoms with E-state index in [0.29, 0.717) is 22.3 Å². The van der Waals surface area contributed by atoms with Crippen molar-refractivity contribution < 1.29 is 18.3 Å². The molecule has 0 aliphatic rings. The molecule has 2 N–H and O–H groups in total. The summed E-state index contributed by atoms with van der Waals surface area (Å²) in [6.45, 7) is 0. The van der Waals surface area contributed by atoms with Crippen LogP contribution >= 0.6 is 11.6 Å². The number of carbonyl (C=O) groups is 1. The lowest BCUT2D eigenvalue weighted by molar-refractivity contribution is 0.102. The topological polar surface area (TPSA) is 76.1 Å². The molecule has 0 spiro atoms. The number of carbonyl (C=O) groups excluding carboxylic acids is 1. The number of hydrogen-bond acceptors (Lipinski definition) is 5. The van der Waals surface area contributed by atoms with Gasteiger partial charge in [-0.15, -0.1) is 10.2 Å². The van der Waals surface area contributed by atoms with E-state index in [1.165, 1.54) is 19.2 Å². The zero-order chi connectivity index (χ0) is 19.4. The number of hydrogen-bond donors (Lipinski definition) is 2. The number of nitrogens with zero attached hydrogens (tertiary/aromatic N) is 2. The number of methoxy groups -OCH3 is 1. The standard InChI is InChI=1S/C18H13ClF2N4O2/c1-27-15-5-3-11(19)9-14(15)22-16-6-7-17(25-24-16)23-18(26)10-2-4-12(20)13(21)8-10/h2-9H,1H3,(H,22,24)(H,23,25,26). The zero-order valence-corrected chi connectivity index (χ0v) is 14.7. The number of nitrogens with one attached hydrogen (secondary N) is 2. The zero-order valence-electron chi connectivity index (χ0n) is 14.0. The average Bonchev–Trinajstić information content (AvgIpc) is 2.65. The predicted molar refractivity (Wildman–Crippen MR) is 97.6 cm³/mol. The lowest BCUT2D eigenvalue weighted by atomic mass is 10.2. The largest absolute Gasteiger partial charge is 0.495 e. The summed E-state index contributed by atoms with van der Waals surface area (Å²) in [6, 6.07) is 11.0. The van der Waals surface area contributed by atoms with Gasteiger partial charge in [0, 0.05) is 10.6 Å². The van der Waals surface area contributed by atoms with E-state index in [2.05, 4.69) is 20.8 Å². The first-order chi connectivity index (χ1) is 13.0. The van der Waals surface area contributed by atoms with Gasteiger partial charge in [0.1, 0.15) is 5.75 Å². The number of anilines is 3. The first-order valence-electron chi connectivity index (χ1n) is 7.67. The van der Waals surface area contributed by atoms with Crippen molar-refractivity contribution in [2.45, 2.75) is 0 Å². The molecule has 9 heteroatoms. The molecule has 138 valence electrons. The summed E-state index contributed by atoms with van der Waals surface area (Å²) in [5, 5.41) is 13.8. The van der Waals surface area contributed by atoms with Gasteiger partial charge in [-0.05, 0) is 48.5 Å². The molecular weight excluding hydrogens is 378 g/mol. The van der Waals surface area contributed by atoms with Crippen LogP contribution in [0, 0.1) is 11.6 Å². The van der Waals surface area contributed by atoms with Gasteiger partial charge in [0.2, 0.25) is 0 Å². The highest BCUT2D eigenvalue weighted by molar-refractivity contribution is 6.31. The summed E-state index contributed by atoms with van der Waals surface area (Å²) in [7, 11) is 1.52. The third-order valence-corrected chi connectivity index (χ3v) is 3.75. The molecule has 0 atom stereocenters. The first kappa shape index (κ1) is 18.5. The SMILES string of the molecule is COc1ccc(Cl)cc1Nc1ccc(NC(=O)c2ccc(F)c(F)c2)nn1. The van der Waals surface area contributed by atoms with Gasteiger partial charge in [-0.3, -0.25) is 4.79 Å². The molecule has 0 bridgehead atoms. The van der Waals surface area contributed by atoms with E-state index in [1.807, 2.05) is 0 Å². The molecule has 6 nitrogen and oxygen atoms in total. The quantitative estimate of drug-likeness (QED) is 0.674. The fourth-order valence-corrected chi connectivity index (χ4v) is 2.38. The van der Waals surface area contributed by atoms with E-state index in [9.17, 15) is 13.6 Å². The second-order valence-electron chi connectivity index (χ2n) is 5.36. The molecule has 0 saturated carbocycles. The summed E-state index contributed by atoms with van der Waals surface area (Å²) in [5.41, 5.74) is 0.555. The van der Waals surface area contributed by atoms with Crippen molar-refractivity contribution >= 4 is 34.8 Å². The third kappa shape index (κ3) is 4.48. The van der Waals surface area contributed by atoms with Gasteiger partial charge in [-0.2, -0.15) is 0 Å². The lowest BCUT2D eigenvalue weighted by Gasteiger charge is -2.11. The van der Waals surface area contributed by atoms with Crippen LogP contribution in [-0.4, -0.2) is 23.2 Å². The highest BCUT2D eigenvalue weighted by Gasteiger charge is 2.11. The smallest absolute Gasteiger partial charge is 0.256 e. The Hall–Kier alpha value is -3.26. The van der Waals surface area contributed by atoms with Crippen molar-refractivity contribution in [3.63, 3.8) is 0 Å². The molecule has 2 aromatic carbocycles. The fraction of sp³-hybridized carbons (Fsp3) is 0.0556. The normalized spacial score (nSPS) is 10.4. The van der Waals surface area contributed by atoms with Crippen LogP contribution in [-0.2, 0) is 0 Å². The molecule has 0 saturated heterocycles. The monoisotopic (exact) mass is 390 g/mol. The highest BCUT2D eigenvalue weighted by Crippen LogP contribution is 2.29. The summed E-state index contributed by atoms with van der Waals surface area (Å²) < 4.78 is 31.4. The number of rotatable bonds is 5. The molecule has 0 radical (unpaired) electrons. The summed E-state index contributed by atoms with van der Waals surface area (Å²) in [5.74, 6) is -1.67. The van der Waals surface area contributed by atoms with Crippen LogP contribution < -0.4 is 15.4 Å². The molecule has 3 rings (SSSR count). The van der Waals surface area contributed by atoms with Gasteiger partial charge < -0.3 is 15.4 Å². The van der Waals surface area contributed by atoms with E-state index < -0.39 is 17.5 Å². The van der Waals surface area contributed by atoms with Gasteiger partial charge in [0.05, 0.1) is 12.8 Å². The maximum atomic E-state index is 13.2. The predicted octanol–water partition coefficient (Wildman–Crippen LogP) is 4.41. The molecule has 0 unspecified atom stereocenters. The van der Waals surface area contributed by atoms with Gasteiger partial charge in [0.15, 0.2) is 23.3 Å². The molecule has 1 amide bonds. The van der Waals surface area contributed by atoms with Crippen LogP contribution in [0.3, 0.4) is 0 Å². The molecule has 0 aliphatic carbocycles. The van der Waals surface area contributed by atoms with E-state index >= 15 is 0 Å². The maximum Gasteiger partial charge on any atom is 0.256 e. The Bertz CT molecular complexity index is 984. The third-order valence-electron chi connectivity index (χ3n) is 3.51. The Morgan fingerprint density at radius 2 is 1.74 bits per heavy atom. The number of aromatic nitrogens is 2. The second-order valence-corrected chi connectivity index (χ2v) is 5.79. The highest BCUT2D eigenvalue weighted by atomic mass is 35.5. The number of halogens is 3. The van der Waals surface area contributed by atoms with Gasteiger partial charge in [0.25, 0.3) is 5.91 Å². The Morgan fingerprint density at radius 3 is 2.41 bits per heavy atom. The number of ether oxygens (including phenoxy) is 1. The van der Waals surface area contributed by atoms with Crippen molar-refractivity contribution in [3.8, 4) is 5.75 Å². The van der Waals surface area contributed by atoms with Crippen molar-refractivity contribution in [2.24, 2.45) is 0 Å². The van der Waals surface area contributed by atoms with Crippen LogP contribution in [0.1, 0.15) is 10.4 Å². The lowest BCUT2D eigenvalue weighted by Crippen LogP contribution is -2.14. The molecule has 1 heterocycles. The van der Waals surface area contributed by atoms with Crippen molar-refractivity contribution in [1.82, 2.24) is 10.2 Å². The van der Waals surface area contributed by atoms with E-state index in [0.717, 1.165) is 12.1 Å². The fourth-order valence-electron chi connectivity index (χ4n) is 2.21. The van der Waals surface area contributed by atoms with E-state index in [4.69, 9.17) is 16.3 Å². The summed E-state index contributed by atoms with van der Waals surface area (Å²) in [6.07, 6.45) is 0.